The van der Waals surface area contributed by atoms with Crippen molar-refractivity contribution in [1.29, 1.82) is 0 Å². The van der Waals surface area contributed by atoms with Crippen LogP contribution >= 0.6 is 11.6 Å². The minimum Gasteiger partial charge on any atom is -0.419 e. The fraction of sp³-hybridized carbons (Fsp3) is 0.0833. The largest absolute Gasteiger partial charge is 0.491 e. The topological polar surface area (TPSA) is 26.3 Å². The third-order valence-electron chi connectivity index (χ3n) is 2.26. The smallest absolute Gasteiger partial charge is 0.419 e. The lowest BCUT2D eigenvalue weighted by atomic mass is 10.1. The molecule has 0 N–H and O–H groups in total. The van der Waals surface area contributed by atoms with Crippen LogP contribution in [0.25, 0.3) is 10.8 Å². The second kappa shape index (κ2) is 4.49. The number of esters is 1. The van der Waals surface area contributed by atoms with Crippen LogP contribution in [0.1, 0.15) is 0 Å². The molecule has 0 fully saturated rings. The highest BCUT2D eigenvalue weighted by Crippen LogP contribution is 2.32. The maximum absolute atomic E-state index is 12.1. The van der Waals surface area contributed by atoms with Crippen molar-refractivity contribution in [3.63, 3.8) is 0 Å². The van der Waals surface area contributed by atoms with Gasteiger partial charge in [-0.2, -0.15) is 13.2 Å². The van der Waals surface area contributed by atoms with Crippen LogP contribution in [0.3, 0.4) is 0 Å². The molecule has 0 heterocycles. The Kier molecular flexibility index (Phi) is 3.17. The van der Waals surface area contributed by atoms with E-state index in [4.69, 9.17) is 11.6 Å². The van der Waals surface area contributed by atoms with Crippen molar-refractivity contribution >= 4 is 28.3 Å². The molecule has 0 bridgehead atoms. The van der Waals surface area contributed by atoms with Crippen LogP contribution in [0.15, 0.2) is 36.4 Å². The minimum atomic E-state index is -5.03. The quantitative estimate of drug-likeness (QED) is 0.581. The van der Waals surface area contributed by atoms with Crippen LogP contribution in [0.2, 0.25) is 5.02 Å². The van der Waals surface area contributed by atoms with E-state index in [2.05, 4.69) is 4.74 Å². The summed E-state index contributed by atoms with van der Waals surface area (Å²) in [5, 5.41) is 1.24. The molecule has 2 nitrogen and oxygen atoms in total. The van der Waals surface area contributed by atoms with Gasteiger partial charge in [-0.05, 0) is 12.1 Å². The number of carbonyl (C=O) groups excluding carboxylic acids is 1. The first-order chi connectivity index (χ1) is 8.39. The number of hydrogen-bond acceptors (Lipinski definition) is 2. The van der Waals surface area contributed by atoms with E-state index in [1.165, 1.54) is 18.2 Å². The number of halogens is 4. The summed E-state index contributed by atoms with van der Waals surface area (Å²) in [4.78, 5) is 10.8. The Morgan fingerprint density at radius 1 is 1.06 bits per heavy atom. The number of hydrogen-bond donors (Lipinski definition) is 0. The Morgan fingerprint density at radius 2 is 1.67 bits per heavy atom. The molecule has 2 aromatic rings. The van der Waals surface area contributed by atoms with E-state index in [-0.39, 0.29) is 5.75 Å². The van der Waals surface area contributed by atoms with Gasteiger partial charge in [-0.1, -0.05) is 35.9 Å². The zero-order valence-corrected chi connectivity index (χ0v) is 9.55. The Labute approximate surface area is 105 Å². The Hall–Kier alpha value is -1.75. The van der Waals surface area contributed by atoms with Gasteiger partial charge in [0.1, 0.15) is 5.75 Å². The van der Waals surface area contributed by atoms with E-state index in [9.17, 15) is 18.0 Å². The molecule has 0 atom stereocenters. The number of fused-ring (bicyclic) bond motifs is 1. The molecule has 0 aliphatic heterocycles. The Balaban J connectivity index is 2.47. The van der Waals surface area contributed by atoms with E-state index in [1.54, 1.807) is 18.2 Å². The van der Waals surface area contributed by atoms with E-state index < -0.39 is 12.1 Å². The number of alkyl halides is 3. The summed E-state index contributed by atoms with van der Waals surface area (Å²) in [6.07, 6.45) is -5.03. The van der Waals surface area contributed by atoms with Crippen LogP contribution < -0.4 is 4.74 Å². The van der Waals surface area contributed by atoms with Gasteiger partial charge in [0.25, 0.3) is 0 Å². The molecule has 6 heteroatoms. The SMILES string of the molecule is O=C(Oc1ccc(Cl)c2ccccc12)C(F)(F)F. The van der Waals surface area contributed by atoms with E-state index in [0.29, 0.717) is 15.8 Å². The molecule has 0 saturated carbocycles. The molecule has 0 radical (unpaired) electrons. The molecule has 0 aliphatic rings. The van der Waals surface area contributed by atoms with Crippen molar-refractivity contribution in [3.8, 4) is 5.75 Å². The van der Waals surface area contributed by atoms with Crippen LogP contribution in [0.5, 0.6) is 5.75 Å². The summed E-state index contributed by atoms with van der Waals surface area (Å²) in [6.45, 7) is 0. The monoisotopic (exact) mass is 274 g/mol. The average molecular weight is 275 g/mol. The predicted molar refractivity (Wildman–Crippen MR) is 60.6 cm³/mol. The standard InChI is InChI=1S/C12H6ClF3O2/c13-9-5-6-10(18-11(17)12(14,15)16)8-4-2-1-3-7(8)9/h1-6H. The van der Waals surface area contributed by atoms with Gasteiger partial charge in [0.2, 0.25) is 0 Å². The lowest BCUT2D eigenvalue weighted by Gasteiger charge is -2.10. The lowest BCUT2D eigenvalue weighted by Crippen LogP contribution is -2.28. The predicted octanol–water partition coefficient (Wildman–Crippen LogP) is 3.96. The maximum Gasteiger partial charge on any atom is 0.491 e. The van der Waals surface area contributed by atoms with Crippen molar-refractivity contribution in [2.24, 2.45) is 0 Å². The first-order valence-corrected chi connectivity index (χ1v) is 5.23. The van der Waals surface area contributed by atoms with Gasteiger partial charge in [0.05, 0.1) is 0 Å². The van der Waals surface area contributed by atoms with Gasteiger partial charge in [-0.25, -0.2) is 4.79 Å². The molecule has 0 aliphatic carbocycles. The first-order valence-electron chi connectivity index (χ1n) is 4.86. The summed E-state index contributed by atoms with van der Waals surface area (Å²) in [5.41, 5.74) is 0. The number of rotatable bonds is 1. The zero-order chi connectivity index (χ0) is 13.3. The zero-order valence-electron chi connectivity index (χ0n) is 8.79. The van der Waals surface area contributed by atoms with Gasteiger partial charge in [-0.3, -0.25) is 0 Å². The van der Waals surface area contributed by atoms with Gasteiger partial charge >= 0.3 is 12.1 Å². The van der Waals surface area contributed by atoms with Crippen molar-refractivity contribution in [1.82, 2.24) is 0 Å². The number of carbonyl (C=O) groups is 1. The van der Waals surface area contributed by atoms with Crippen molar-refractivity contribution < 1.29 is 22.7 Å². The van der Waals surface area contributed by atoms with Crippen molar-refractivity contribution in [2.45, 2.75) is 6.18 Å². The van der Waals surface area contributed by atoms with Crippen LogP contribution in [-0.4, -0.2) is 12.1 Å². The normalized spacial score (nSPS) is 11.6. The molecular formula is C12H6ClF3O2. The van der Waals surface area contributed by atoms with Gasteiger partial charge < -0.3 is 4.74 Å². The highest BCUT2D eigenvalue weighted by molar-refractivity contribution is 6.35. The second-order valence-corrected chi connectivity index (χ2v) is 3.89. The molecule has 0 aromatic heterocycles. The van der Waals surface area contributed by atoms with Crippen LogP contribution in [0.4, 0.5) is 13.2 Å². The highest BCUT2D eigenvalue weighted by atomic mass is 35.5. The number of benzene rings is 2. The van der Waals surface area contributed by atoms with E-state index in [0.717, 1.165) is 0 Å². The highest BCUT2D eigenvalue weighted by Gasteiger charge is 2.41. The molecule has 0 spiro atoms. The Morgan fingerprint density at radius 3 is 2.28 bits per heavy atom. The fourth-order valence-electron chi connectivity index (χ4n) is 1.48. The van der Waals surface area contributed by atoms with Gasteiger partial charge in [-0.15, -0.1) is 0 Å². The molecule has 0 amide bonds. The maximum atomic E-state index is 12.1. The summed E-state index contributed by atoms with van der Waals surface area (Å²) < 4.78 is 40.7. The average Bonchev–Trinajstić information content (AvgIpc) is 2.32. The van der Waals surface area contributed by atoms with E-state index >= 15 is 0 Å². The summed E-state index contributed by atoms with van der Waals surface area (Å²) in [5.74, 6) is -2.42. The molecule has 0 unspecified atom stereocenters. The third-order valence-corrected chi connectivity index (χ3v) is 2.59. The van der Waals surface area contributed by atoms with Crippen molar-refractivity contribution in [2.75, 3.05) is 0 Å². The molecule has 2 aromatic carbocycles. The summed E-state index contributed by atoms with van der Waals surface area (Å²) in [7, 11) is 0. The summed E-state index contributed by atoms with van der Waals surface area (Å²) in [6, 6.07) is 9.06. The lowest BCUT2D eigenvalue weighted by molar-refractivity contribution is -0.189. The fourth-order valence-corrected chi connectivity index (χ4v) is 1.71. The minimum absolute atomic E-state index is 0.169. The molecule has 0 saturated heterocycles. The van der Waals surface area contributed by atoms with Crippen LogP contribution in [0, 0.1) is 0 Å². The summed E-state index contributed by atoms with van der Waals surface area (Å²) >= 11 is 5.89. The van der Waals surface area contributed by atoms with Crippen LogP contribution in [-0.2, 0) is 4.79 Å². The van der Waals surface area contributed by atoms with E-state index in [1.807, 2.05) is 0 Å². The van der Waals surface area contributed by atoms with Crippen molar-refractivity contribution in [3.05, 3.63) is 41.4 Å². The third kappa shape index (κ3) is 2.41. The molecule has 94 valence electrons. The first kappa shape index (κ1) is 12.7. The molecule has 18 heavy (non-hydrogen) atoms. The molecule has 2 rings (SSSR count). The second-order valence-electron chi connectivity index (χ2n) is 3.48. The molecular weight excluding hydrogens is 269 g/mol. The van der Waals surface area contributed by atoms with Gasteiger partial charge in [0.15, 0.2) is 0 Å². The number of ether oxygens (including phenoxy) is 1. The Bertz CT molecular complexity index is 608. The van der Waals surface area contributed by atoms with Gasteiger partial charge in [0, 0.05) is 15.8 Å².